The first-order chi connectivity index (χ1) is 7.95. The predicted octanol–water partition coefficient (Wildman–Crippen LogP) is 2.64. The van der Waals surface area contributed by atoms with E-state index in [2.05, 4.69) is 10.2 Å². The van der Waals surface area contributed by atoms with Crippen molar-refractivity contribution in [1.82, 2.24) is 10.2 Å². The molecule has 2 saturated heterocycles. The maximum Gasteiger partial charge on any atom is -0.00156 e. The van der Waals surface area contributed by atoms with Gasteiger partial charge in [0, 0.05) is 0 Å². The summed E-state index contributed by atoms with van der Waals surface area (Å²) < 4.78 is 0. The summed E-state index contributed by atoms with van der Waals surface area (Å²) in [4.78, 5) is 2.72. The van der Waals surface area contributed by atoms with E-state index >= 15 is 0 Å². The van der Waals surface area contributed by atoms with E-state index in [1.54, 1.807) is 0 Å². The lowest BCUT2D eigenvalue weighted by Gasteiger charge is -2.28. The van der Waals surface area contributed by atoms with Crippen molar-refractivity contribution in [3.63, 3.8) is 0 Å². The molecule has 0 aromatic rings. The van der Waals surface area contributed by atoms with Gasteiger partial charge < -0.3 is 10.2 Å². The molecule has 0 bridgehead atoms. The minimum atomic E-state index is 0.958. The molecule has 0 aromatic carbocycles. The molecule has 2 fully saturated rings. The highest BCUT2D eigenvalue weighted by Gasteiger charge is 2.15. The van der Waals surface area contributed by atoms with Crippen molar-refractivity contribution >= 4 is 0 Å². The third-order valence-corrected chi connectivity index (χ3v) is 4.20. The Bertz CT molecular complexity index is 168. The lowest BCUT2D eigenvalue weighted by Crippen LogP contribution is -2.34. The summed E-state index contributed by atoms with van der Waals surface area (Å²) in [5, 5.41) is 3.53. The van der Waals surface area contributed by atoms with Crippen LogP contribution in [0, 0.1) is 5.92 Å². The molecule has 0 spiro atoms. The Hall–Kier alpha value is -0.0800. The van der Waals surface area contributed by atoms with Crippen LogP contribution in [-0.4, -0.2) is 37.6 Å². The number of nitrogens with zero attached hydrogens (tertiary/aromatic N) is 1. The third kappa shape index (κ3) is 4.42. The molecule has 0 amide bonds. The third-order valence-electron chi connectivity index (χ3n) is 4.20. The smallest absolute Gasteiger partial charge is 0.00156 e. The fourth-order valence-corrected chi connectivity index (χ4v) is 3.07. The summed E-state index contributed by atoms with van der Waals surface area (Å²) in [7, 11) is 0. The maximum atomic E-state index is 3.53. The topological polar surface area (TPSA) is 15.3 Å². The summed E-state index contributed by atoms with van der Waals surface area (Å²) in [5.74, 6) is 0.958. The number of likely N-dealkylation sites (tertiary alicyclic amines) is 1. The van der Waals surface area contributed by atoms with Gasteiger partial charge in [0.25, 0.3) is 0 Å². The van der Waals surface area contributed by atoms with Crippen LogP contribution in [0.25, 0.3) is 0 Å². The van der Waals surface area contributed by atoms with Gasteiger partial charge in [0.1, 0.15) is 0 Å². The van der Waals surface area contributed by atoms with E-state index < -0.39 is 0 Å². The van der Waals surface area contributed by atoms with E-state index in [-0.39, 0.29) is 0 Å². The van der Waals surface area contributed by atoms with Crippen LogP contribution >= 0.6 is 0 Å². The molecule has 0 saturated carbocycles. The van der Waals surface area contributed by atoms with Crippen LogP contribution in [0.3, 0.4) is 0 Å². The lowest BCUT2D eigenvalue weighted by atomic mass is 9.96. The summed E-state index contributed by atoms with van der Waals surface area (Å²) in [6, 6.07) is 0. The van der Waals surface area contributed by atoms with Gasteiger partial charge in [-0.3, -0.25) is 0 Å². The SMILES string of the molecule is C1CCCN(CCC2CCCNC2)CCC1. The lowest BCUT2D eigenvalue weighted by molar-refractivity contribution is 0.219. The van der Waals surface area contributed by atoms with Gasteiger partial charge in [-0.2, -0.15) is 0 Å². The average molecular weight is 224 g/mol. The second-order valence-corrected chi connectivity index (χ2v) is 5.61. The van der Waals surface area contributed by atoms with Crippen LogP contribution in [0.15, 0.2) is 0 Å². The van der Waals surface area contributed by atoms with E-state index in [1.807, 2.05) is 0 Å². The molecule has 0 aliphatic carbocycles. The van der Waals surface area contributed by atoms with E-state index in [0.29, 0.717) is 0 Å². The molecular weight excluding hydrogens is 196 g/mol. The van der Waals surface area contributed by atoms with Crippen molar-refractivity contribution in [1.29, 1.82) is 0 Å². The number of nitrogens with one attached hydrogen (secondary N) is 1. The summed E-state index contributed by atoms with van der Waals surface area (Å²) in [5.41, 5.74) is 0. The van der Waals surface area contributed by atoms with Crippen molar-refractivity contribution in [3.05, 3.63) is 0 Å². The Labute approximate surface area is 101 Å². The maximum absolute atomic E-state index is 3.53. The van der Waals surface area contributed by atoms with Crippen molar-refractivity contribution < 1.29 is 0 Å². The standard InChI is InChI=1S/C14H28N2/c1-2-4-10-16(11-5-3-1)12-8-14-7-6-9-15-13-14/h14-15H,1-13H2. The highest BCUT2D eigenvalue weighted by molar-refractivity contribution is 4.71. The zero-order chi connectivity index (χ0) is 11.1. The minimum absolute atomic E-state index is 0.958. The van der Waals surface area contributed by atoms with Gasteiger partial charge in [0.2, 0.25) is 0 Å². The Balaban J connectivity index is 1.62. The molecule has 2 heteroatoms. The molecule has 94 valence electrons. The number of rotatable bonds is 3. The Kier molecular flexibility index (Phi) is 5.64. The molecule has 2 rings (SSSR count). The van der Waals surface area contributed by atoms with Crippen molar-refractivity contribution in [2.45, 2.75) is 51.4 Å². The van der Waals surface area contributed by atoms with E-state index in [9.17, 15) is 0 Å². The normalized spacial score (nSPS) is 29.6. The van der Waals surface area contributed by atoms with Crippen molar-refractivity contribution in [2.75, 3.05) is 32.7 Å². The molecule has 0 radical (unpaired) electrons. The van der Waals surface area contributed by atoms with Crippen LogP contribution in [0.4, 0.5) is 0 Å². The molecule has 0 aromatic heterocycles. The fraction of sp³-hybridized carbons (Fsp3) is 1.00. The van der Waals surface area contributed by atoms with E-state index in [1.165, 1.54) is 84.1 Å². The molecule has 1 N–H and O–H groups in total. The van der Waals surface area contributed by atoms with Crippen LogP contribution in [0.2, 0.25) is 0 Å². The molecular formula is C14H28N2. The predicted molar refractivity (Wildman–Crippen MR) is 69.7 cm³/mol. The highest BCUT2D eigenvalue weighted by Crippen LogP contribution is 2.16. The first-order valence-corrected chi connectivity index (χ1v) is 7.38. The molecule has 2 nitrogen and oxygen atoms in total. The molecule has 16 heavy (non-hydrogen) atoms. The van der Waals surface area contributed by atoms with Gasteiger partial charge in [-0.1, -0.05) is 19.3 Å². The van der Waals surface area contributed by atoms with Gasteiger partial charge in [0.15, 0.2) is 0 Å². The van der Waals surface area contributed by atoms with Crippen LogP contribution < -0.4 is 5.32 Å². The fourth-order valence-electron chi connectivity index (χ4n) is 3.07. The molecule has 1 unspecified atom stereocenters. The number of piperidine rings is 1. The zero-order valence-electron chi connectivity index (χ0n) is 10.7. The van der Waals surface area contributed by atoms with E-state index in [4.69, 9.17) is 0 Å². The van der Waals surface area contributed by atoms with Gasteiger partial charge in [0.05, 0.1) is 0 Å². The Morgan fingerprint density at radius 1 is 0.938 bits per heavy atom. The monoisotopic (exact) mass is 224 g/mol. The largest absolute Gasteiger partial charge is 0.316 e. The van der Waals surface area contributed by atoms with E-state index in [0.717, 1.165) is 5.92 Å². The highest BCUT2D eigenvalue weighted by atomic mass is 15.1. The van der Waals surface area contributed by atoms with Gasteiger partial charge in [-0.25, -0.2) is 0 Å². The first-order valence-electron chi connectivity index (χ1n) is 7.38. The number of hydrogen-bond acceptors (Lipinski definition) is 2. The van der Waals surface area contributed by atoms with Crippen molar-refractivity contribution in [2.24, 2.45) is 5.92 Å². The van der Waals surface area contributed by atoms with Crippen LogP contribution in [0.1, 0.15) is 51.4 Å². The summed E-state index contributed by atoms with van der Waals surface area (Å²) in [6.07, 6.45) is 11.5. The minimum Gasteiger partial charge on any atom is -0.316 e. The Morgan fingerprint density at radius 3 is 2.38 bits per heavy atom. The zero-order valence-corrected chi connectivity index (χ0v) is 10.7. The quantitative estimate of drug-likeness (QED) is 0.793. The van der Waals surface area contributed by atoms with Gasteiger partial charge in [-0.15, -0.1) is 0 Å². The first kappa shape index (κ1) is 12.4. The molecule has 2 heterocycles. The van der Waals surface area contributed by atoms with Gasteiger partial charge >= 0.3 is 0 Å². The van der Waals surface area contributed by atoms with Crippen LogP contribution in [-0.2, 0) is 0 Å². The van der Waals surface area contributed by atoms with Crippen LogP contribution in [0.5, 0.6) is 0 Å². The summed E-state index contributed by atoms with van der Waals surface area (Å²) in [6.45, 7) is 6.60. The number of hydrogen-bond donors (Lipinski definition) is 1. The molecule has 2 aliphatic rings. The van der Waals surface area contributed by atoms with Crippen molar-refractivity contribution in [3.8, 4) is 0 Å². The molecule has 2 aliphatic heterocycles. The average Bonchev–Trinajstić information content (AvgIpc) is 2.29. The summed E-state index contributed by atoms with van der Waals surface area (Å²) >= 11 is 0. The second-order valence-electron chi connectivity index (χ2n) is 5.61. The molecule has 1 atom stereocenters. The second kappa shape index (κ2) is 7.29. The van der Waals surface area contributed by atoms with Gasteiger partial charge in [-0.05, 0) is 70.7 Å². The Morgan fingerprint density at radius 2 is 1.69 bits per heavy atom.